The molecule has 0 heterocycles. The van der Waals surface area contributed by atoms with Gasteiger partial charge in [-0.05, 0) is 60.0 Å². The Balaban J connectivity index is 2.57. The first kappa shape index (κ1) is 14.5. The Labute approximate surface area is 105 Å². The van der Waals surface area contributed by atoms with Gasteiger partial charge in [-0.25, -0.2) is 0 Å². The molecule has 100 valence electrons. The van der Waals surface area contributed by atoms with Crippen LogP contribution in [0, 0.1) is 5.92 Å². The first-order valence-electron chi connectivity index (χ1n) is 6.52. The van der Waals surface area contributed by atoms with E-state index in [1.807, 2.05) is 6.92 Å². The fourth-order valence-electron chi connectivity index (χ4n) is 2.37. The summed E-state index contributed by atoms with van der Waals surface area (Å²) in [6.07, 6.45) is 3.43. The maximum absolute atomic E-state index is 11.5. The molecule has 17 heavy (non-hydrogen) atoms. The second-order valence-corrected chi connectivity index (χ2v) is 5.74. The maximum atomic E-state index is 11.5. The molecule has 0 aromatic carbocycles. The molecule has 1 aliphatic carbocycles. The fourth-order valence-corrected chi connectivity index (χ4v) is 2.37. The Morgan fingerprint density at radius 3 is 2.41 bits per heavy atom. The van der Waals surface area contributed by atoms with Gasteiger partial charge in [0, 0.05) is 12.1 Å². The van der Waals surface area contributed by atoms with E-state index < -0.39 is 5.54 Å². The van der Waals surface area contributed by atoms with E-state index in [0.29, 0.717) is 12.1 Å². The van der Waals surface area contributed by atoms with Crippen molar-refractivity contribution in [1.29, 1.82) is 0 Å². The maximum Gasteiger partial charge on any atom is 0.237 e. The smallest absolute Gasteiger partial charge is 0.237 e. The van der Waals surface area contributed by atoms with Crippen LogP contribution in [0.15, 0.2) is 0 Å². The summed E-state index contributed by atoms with van der Waals surface area (Å²) in [6.45, 7) is 6.31. The minimum atomic E-state index is -0.614. The van der Waals surface area contributed by atoms with Crippen LogP contribution in [0.4, 0.5) is 0 Å². The predicted octanol–water partition coefficient (Wildman–Crippen LogP) is 0.959. The van der Waals surface area contributed by atoms with Crippen LogP contribution in [0.3, 0.4) is 0 Å². The van der Waals surface area contributed by atoms with Gasteiger partial charge in [-0.3, -0.25) is 4.79 Å². The highest BCUT2D eigenvalue weighted by Crippen LogP contribution is 2.35. The van der Waals surface area contributed by atoms with E-state index in [-0.39, 0.29) is 5.91 Å². The average molecular weight is 241 g/mol. The molecule has 1 aliphatic rings. The van der Waals surface area contributed by atoms with Crippen LogP contribution in [0.5, 0.6) is 0 Å². The monoisotopic (exact) mass is 241 g/mol. The second-order valence-electron chi connectivity index (χ2n) is 5.74. The number of carbonyl (C=O) groups is 1. The van der Waals surface area contributed by atoms with Crippen LogP contribution in [-0.4, -0.2) is 42.5 Å². The van der Waals surface area contributed by atoms with E-state index in [1.54, 1.807) is 7.05 Å². The lowest BCUT2D eigenvalue weighted by molar-refractivity contribution is -0.124. The van der Waals surface area contributed by atoms with Gasteiger partial charge in [0.25, 0.3) is 0 Å². The van der Waals surface area contributed by atoms with E-state index in [2.05, 4.69) is 31.1 Å². The molecular formula is C13H27N3O. The molecule has 0 spiro atoms. The molecule has 0 aromatic heterocycles. The van der Waals surface area contributed by atoms with Crippen LogP contribution >= 0.6 is 0 Å². The number of nitrogens with zero attached hydrogens (tertiary/aromatic N) is 1. The van der Waals surface area contributed by atoms with Crippen molar-refractivity contribution >= 4 is 5.91 Å². The number of carbonyl (C=O) groups excluding carboxylic acids is 1. The quantitative estimate of drug-likeness (QED) is 0.698. The van der Waals surface area contributed by atoms with Gasteiger partial charge in [-0.1, -0.05) is 0 Å². The lowest BCUT2D eigenvalue weighted by Gasteiger charge is -2.36. The van der Waals surface area contributed by atoms with E-state index >= 15 is 0 Å². The molecule has 0 aliphatic heterocycles. The highest BCUT2D eigenvalue weighted by atomic mass is 16.1. The average Bonchev–Trinajstić information content (AvgIpc) is 3.10. The first-order valence-corrected chi connectivity index (χ1v) is 6.52. The van der Waals surface area contributed by atoms with Crippen molar-refractivity contribution in [1.82, 2.24) is 10.2 Å². The van der Waals surface area contributed by atoms with Crippen LogP contribution in [0.2, 0.25) is 0 Å². The summed E-state index contributed by atoms with van der Waals surface area (Å²) in [7, 11) is 3.94. The summed E-state index contributed by atoms with van der Waals surface area (Å²) in [5.41, 5.74) is 4.84. The molecule has 0 aromatic rings. The third-order valence-electron chi connectivity index (χ3n) is 4.44. The van der Waals surface area contributed by atoms with Gasteiger partial charge < -0.3 is 16.0 Å². The number of nitrogens with one attached hydrogen (secondary N) is 1. The zero-order valence-electron chi connectivity index (χ0n) is 11.8. The molecule has 3 atom stereocenters. The van der Waals surface area contributed by atoms with Gasteiger partial charge in [0.05, 0.1) is 5.54 Å². The SMILES string of the molecule is CNC(C)(CC(C)N(C)C(C)C1CC1)C(N)=O. The normalized spacial score (nSPS) is 23.2. The molecule has 0 radical (unpaired) electrons. The highest BCUT2D eigenvalue weighted by Gasteiger charge is 2.36. The fraction of sp³-hybridized carbons (Fsp3) is 0.923. The number of primary amides is 1. The van der Waals surface area contributed by atoms with E-state index in [4.69, 9.17) is 5.73 Å². The molecule has 1 saturated carbocycles. The first-order chi connectivity index (χ1) is 7.81. The van der Waals surface area contributed by atoms with Gasteiger partial charge in [-0.15, -0.1) is 0 Å². The number of hydrogen-bond acceptors (Lipinski definition) is 3. The van der Waals surface area contributed by atoms with Crippen LogP contribution in [0.25, 0.3) is 0 Å². The summed E-state index contributed by atoms with van der Waals surface area (Å²) < 4.78 is 0. The minimum Gasteiger partial charge on any atom is -0.368 e. The summed E-state index contributed by atoms with van der Waals surface area (Å²) in [5.74, 6) is 0.566. The van der Waals surface area contributed by atoms with Gasteiger partial charge in [0.1, 0.15) is 0 Å². The zero-order chi connectivity index (χ0) is 13.2. The lowest BCUT2D eigenvalue weighted by atomic mass is 9.91. The van der Waals surface area contributed by atoms with Crippen molar-refractivity contribution in [3.05, 3.63) is 0 Å². The van der Waals surface area contributed by atoms with Crippen molar-refractivity contribution in [2.24, 2.45) is 11.7 Å². The van der Waals surface area contributed by atoms with Gasteiger partial charge in [-0.2, -0.15) is 0 Å². The van der Waals surface area contributed by atoms with Crippen molar-refractivity contribution < 1.29 is 4.79 Å². The Kier molecular flexibility index (Phi) is 4.55. The summed E-state index contributed by atoms with van der Waals surface area (Å²) in [5, 5.41) is 3.05. The Morgan fingerprint density at radius 2 is 2.06 bits per heavy atom. The van der Waals surface area contributed by atoms with Gasteiger partial charge >= 0.3 is 0 Å². The predicted molar refractivity (Wildman–Crippen MR) is 70.7 cm³/mol. The van der Waals surface area contributed by atoms with Crippen LogP contribution in [-0.2, 0) is 4.79 Å². The van der Waals surface area contributed by atoms with Gasteiger partial charge in [0.15, 0.2) is 0 Å². The Morgan fingerprint density at radius 1 is 1.53 bits per heavy atom. The van der Waals surface area contributed by atoms with Crippen molar-refractivity contribution in [2.45, 2.75) is 57.7 Å². The van der Waals surface area contributed by atoms with Crippen molar-refractivity contribution in [2.75, 3.05) is 14.1 Å². The van der Waals surface area contributed by atoms with E-state index in [9.17, 15) is 4.79 Å². The largest absolute Gasteiger partial charge is 0.368 e. The molecule has 3 unspecified atom stereocenters. The third kappa shape index (κ3) is 3.42. The zero-order valence-corrected chi connectivity index (χ0v) is 11.8. The summed E-state index contributed by atoms with van der Waals surface area (Å²) in [4.78, 5) is 13.8. The third-order valence-corrected chi connectivity index (χ3v) is 4.44. The molecule has 1 fully saturated rings. The topological polar surface area (TPSA) is 58.4 Å². The molecule has 4 heteroatoms. The summed E-state index contributed by atoms with van der Waals surface area (Å²) >= 11 is 0. The number of likely N-dealkylation sites (N-methyl/N-ethyl adjacent to an activating group) is 1. The number of hydrogen-bond donors (Lipinski definition) is 2. The van der Waals surface area contributed by atoms with Crippen molar-refractivity contribution in [3.63, 3.8) is 0 Å². The molecule has 0 bridgehead atoms. The number of nitrogens with two attached hydrogens (primary N) is 1. The Bertz CT molecular complexity index is 278. The number of rotatable bonds is 7. The molecular weight excluding hydrogens is 214 g/mol. The molecule has 1 rings (SSSR count). The van der Waals surface area contributed by atoms with E-state index in [1.165, 1.54) is 12.8 Å². The van der Waals surface area contributed by atoms with Crippen LogP contribution in [0.1, 0.15) is 40.0 Å². The van der Waals surface area contributed by atoms with Crippen molar-refractivity contribution in [3.8, 4) is 0 Å². The molecule has 3 N–H and O–H groups in total. The Hall–Kier alpha value is -0.610. The molecule has 4 nitrogen and oxygen atoms in total. The second kappa shape index (κ2) is 5.36. The summed E-state index contributed by atoms with van der Waals surface area (Å²) in [6, 6.07) is 0.939. The molecule has 1 amide bonds. The highest BCUT2D eigenvalue weighted by molar-refractivity contribution is 5.84. The lowest BCUT2D eigenvalue weighted by Crippen LogP contribution is -2.55. The van der Waals surface area contributed by atoms with E-state index in [0.717, 1.165) is 12.3 Å². The van der Waals surface area contributed by atoms with Crippen LogP contribution < -0.4 is 11.1 Å². The standard InChI is InChI=1S/C13H27N3O/c1-9(8-13(3,15-4)12(14)17)16(5)10(2)11-6-7-11/h9-11,15H,6-8H2,1-5H3,(H2,14,17). The molecule has 0 saturated heterocycles. The van der Waals surface area contributed by atoms with Gasteiger partial charge in [0.2, 0.25) is 5.91 Å². The minimum absolute atomic E-state index is 0.278. The number of amides is 1.